The third-order valence-electron chi connectivity index (χ3n) is 5.49. The summed E-state index contributed by atoms with van der Waals surface area (Å²) in [6, 6.07) is 11.4. The fourth-order valence-corrected chi connectivity index (χ4v) is 4.22. The summed E-state index contributed by atoms with van der Waals surface area (Å²) < 4.78 is 135. The molecular weight excluding hydrogens is 691 g/mol. The summed E-state index contributed by atoms with van der Waals surface area (Å²) in [5.74, 6) is -1.93. The van der Waals surface area contributed by atoms with Gasteiger partial charge in [-0.3, -0.25) is 9.59 Å². The van der Waals surface area contributed by atoms with Crippen LogP contribution < -0.4 is 8.43 Å². The maximum absolute atomic E-state index is 14.4. The lowest BCUT2D eigenvalue weighted by molar-refractivity contribution is -0.348. The van der Waals surface area contributed by atoms with Crippen LogP contribution in [0.2, 0.25) is 0 Å². The van der Waals surface area contributed by atoms with Crippen molar-refractivity contribution in [2.45, 2.75) is 24.2 Å². The van der Waals surface area contributed by atoms with Crippen LogP contribution in [-0.4, -0.2) is 24.2 Å². The van der Waals surface area contributed by atoms with E-state index in [-0.39, 0.29) is 37.6 Å². The second kappa shape index (κ2) is 11.2. The van der Waals surface area contributed by atoms with Crippen molar-refractivity contribution < 1.29 is 53.5 Å². The van der Waals surface area contributed by atoms with Gasteiger partial charge in [-0.2, -0.15) is 44.8 Å². The zero-order valence-corrected chi connectivity index (χ0v) is 21.9. The molecule has 0 aliphatic rings. The first-order valence-corrected chi connectivity index (χ1v) is 11.7. The molecule has 0 aliphatic carbocycles. The molecule has 3 aromatic rings. The molecule has 0 aromatic heterocycles. The molecule has 216 valence electrons. The van der Waals surface area contributed by atoms with Crippen LogP contribution in [0.1, 0.15) is 37.4 Å². The lowest BCUT2D eigenvalue weighted by Crippen LogP contribution is -2.50. The molecule has 0 radical (unpaired) electrons. The number of carbonyl (C=O) groups excluding carboxylic acids is 2. The molecule has 0 saturated carbocycles. The van der Waals surface area contributed by atoms with Gasteiger partial charge in [0.1, 0.15) is 0 Å². The number of anilines is 2. The summed E-state index contributed by atoms with van der Waals surface area (Å²) in [7, 11) is 0. The highest BCUT2D eigenvalue weighted by molar-refractivity contribution is 14.1. The zero-order valence-electron chi connectivity index (χ0n) is 19.7. The third kappa shape index (κ3) is 6.39. The zero-order chi connectivity index (χ0) is 31.0. The quantitative estimate of drug-likeness (QED) is 0.166. The number of nitriles is 1. The van der Waals surface area contributed by atoms with E-state index in [0.717, 1.165) is 35.0 Å². The Labute approximate surface area is 237 Å². The molecule has 0 saturated heterocycles. The van der Waals surface area contributed by atoms with Crippen molar-refractivity contribution in [1.29, 1.82) is 5.26 Å². The van der Waals surface area contributed by atoms with E-state index in [0.29, 0.717) is 0 Å². The summed E-state index contributed by atoms with van der Waals surface area (Å²) >= 11 is 1.05. The molecule has 3 aromatic carbocycles. The maximum Gasteiger partial charge on any atom is 0.435 e. The van der Waals surface area contributed by atoms with Gasteiger partial charge in [0, 0.05) is 22.4 Å². The van der Waals surface area contributed by atoms with Gasteiger partial charge in [0.25, 0.3) is 11.8 Å². The number of hydrogen-bond donors (Lipinski definition) is 1. The standard InChI is InChI=1S/C25H12F10IN3O2/c26-22(24(30,31)32,25(33,34)35)16-7-8-19(18(11-16)23(27,28)29)39(36)21(41)15-5-2-6-17(10-15)38-20(40)14-4-1-3-13(9-14)12-37/h1-11H,(H,38,40). The van der Waals surface area contributed by atoms with Gasteiger partial charge >= 0.3 is 24.2 Å². The number of halogens is 11. The molecule has 0 spiro atoms. The van der Waals surface area contributed by atoms with Crippen molar-refractivity contribution in [1.82, 2.24) is 0 Å². The van der Waals surface area contributed by atoms with Crippen LogP contribution >= 0.6 is 22.9 Å². The van der Waals surface area contributed by atoms with E-state index in [1.807, 2.05) is 6.07 Å². The molecule has 0 aliphatic heterocycles. The first-order valence-electron chi connectivity index (χ1n) is 10.8. The van der Waals surface area contributed by atoms with Crippen molar-refractivity contribution in [3.63, 3.8) is 0 Å². The van der Waals surface area contributed by atoms with E-state index in [2.05, 4.69) is 5.32 Å². The molecule has 41 heavy (non-hydrogen) atoms. The van der Waals surface area contributed by atoms with Crippen molar-refractivity contribution in [3.05, 3.63) is 94.5 Å². The Morgan fingerprint density at radius 1 is 0.780 bits per heavy atom. The predicted molar refractivity (Wildman–Crippen MR) is 133 cm³/mol. The topological polar surface area (TPSA) is 73.2 Å². The minimum absolute atomic E-state index is 0.0167. The number of hydrogen-bond acceptors (Lipinski definition) is 3. The molecule has 0 atom stereocenters. The van der Waals surface area contributed by atoms with Crippen LogP contribution in [0.3, 0.4) is 0 Å². The van der Waals surface area contributed by atoms with Gasteiger partial charge in [-0.05, 0) is 48.5 Å². The Balaban J connectivity index is 1.99. The van der Waals surface area contributed by atoms with Gasteiger partial charge < -0.3 is 5.32 Å². The maximum atomic E-state index is 14.4. The van der Waals surface area contributed by atoms with Crippen molar-refractivity contribution in [3.8, 4) is 6.07 Å². The molecule has 5 nitrogen and oxygen atoms in total. The summed E-state index contributed by atoms with van der Waals surface area (Å²) in [5, 5.41) is 11.4. The van der Waals surface area contributed by atoms with Gasteiger partial charge in [0.2, 0.25) is 0 Å². The normalized spacial score (nSPS) is 12.4. The number of rotatable bonds is 5. The van der Waals surface area contributed by atoms with E-state index < -0.39 is 58.9 Å². The predicted octanol–water partition coefficient (Wildman–Crippen LogP) is 8.12. The number of amides is 2. The fourth-order valence-electron chi connectivity index (χ4n) is 3.52. The molecule has 0 bridgehead atoms. The molecule has 0 heterocycles. The van der Waals surface area contributed by atoms with Gasteiger partial charge in [0.15, 0.2) is 0 Å². The van der Waals surface area contributed by atoms with Gasteiger partial charge in [-0.1, -0.05) is 18.2 Å². The highest BCUT2D eigenvalue weighted by atomic mass is 127. The highest BCUT2D eigenvalue weighted by Crippen LogP contribution is 2.54. The molecule has 0 unspecified atom stereocenters. The highest BCUT2D eigenvalue weighted by Gasteiger charge is 2.73. The average molecular weight is 703 g/mol. The van der Waals surface area contributed by atoms with Crippen LogP contribution in [0.25, 0.3) is 0 Å². The molecule has 16 heteroatoms. The number of benzene rings is 3. The van der Waals surface area contributed by atoms with Crippen molar-refractivity contribution in [2.24, 2.45) is 0 Å². The molecule has 1 N–H and O–H groups in total. The molecule has 2 amide bonds. The second-order valence-corrected chi connectivity index (χ2v) is 9.16. The smallest absolute Gasteiger partial charge is 0.322 e. The number of nitrogens with one attached hydrogen (secondary N) is 1. The van der Waals surface area contributed by atoms with Gasteiger partial charge in [-0.15, -0.1) is 0 Å². The first kappa shape index (κ1) is 31.6. The summed E-state index contributed by atoms with van der Waals surface area (Å²) in [5.41, 5.74) is -12.0. The van der Waals surface area contributed by atoms with Gasteiger partial charge in [0.05, 0.1) is 45.7 Å². The lowest BCUT2D eigenvalue weighted by Gasteiger charge is -2.31. The van der Waals surface area contributed by atoms with Crippen LogP contribution in [0.4, 0.5) is 55.3 Å². The first-order chi connectivity index (χ1) is 18.8. The Morgan fingerprint density at radius 2 is 1.37 bits per heavy atom. The minimum atomic E-state index is -6.66. The molecular formula is C25H12F10IN3O2. The van der Waals surface area contributed by atoms with Crippen molar-refractivity contribution >= 4 is 46.1 Å². The summed E-state index contributed by atoms with van der Waals surface area (Å²) in [6.45, 7) is 0. The Hall–Kier alpha value is -3.88. The summed E-state index contributed by atoms with van der Waals surface area (Å²) in [4.78, 5) is 25.5. The fraction of sp³-hybridized carbons (Fsp3) is 0.160. The van der Waals surface area contributed by atoms with Crippen molar-refractivity contribution in [2.75, 3.05) is 8.43 Å². The summed E-state index contributed by atoms with van der Waals surface area (Å²) in [6.07, 6.45) is -18.9. The van der Waals surface area contributed by atoms with Crippen LogP contribution in [0.15, 0.2) is 66.7 Å². The number of nitrogens with zero attached hydrogens (tertiary/aromatic N) is 2. The SMILES string of the molecule is N#Cc1cccc(C(=O)Nc2cccc(C(=O)N(I)c3ccc(C(F)(C(F)(F)F)C(F)(F)F)cc3C(F)(F)F)c2)c1. The minimum Gasteiger partial charge on any atom is -0.322 e. The Kier molecular flexibility index (Phi) is 8.63. The number of carbonyl (C=O) groups is 2. The second-order valence-electron chi connectivity index (χ2n) is 8.20. The lowest BCUT2D eigenvalue weighted by atomic mass is 9.92. The van der Waals surface area contributed by atoms with Crippen LogP contribution in [-0.2, 0) is 11.8 Å². The molecule has 0 fully saturated rings. The largest absolute Gasteiger partial charge is 0.435 e. The van der Waals surface area contributed by atoms with E-state index in [4.69, 9.17) is 5.26 Å². The Morgan fingerprint density at radius 3 is 1.93 bits per heavy atom. The third-order valence-corrected chi connectivity index (χ3v) is 6.45. The van der Waals surface area contributed by atoms with Crippen LogP contribution in [0, 0.1) is 11.3 Å². The van der Waals surface area contributed by atoms with E-state index >= 15 is 0 Å². The van der Waals surface area contributed by atoms with Crippen LogP contribution in [0.5, 0.6) is 0 Å². The Bertz CT molecular complexity index is 1510. The number of alkyl halides is 10. The van der Waals surface area contributed by atoms with E-state index in [1.54, 1.807) is 0 Å². The van der Waals surface area contributed by atoms with E-state index in [9.17, 15) is 53.5 Å². The monoisotopic (exact) mass is 703 g/mol. The van der Waals surface area contributed by atoms with E-state index in [1.165, 1.54) is 36.4 Å². The van der Waals surface area contributed by atoms with Gasteiger partial charge in [-0.25, -0.2) is 7.50 Å². The molecule has 3 rings (SSSR count). The average Bonchev–Trinajstić information content (AvgIpc) is 2.89.